The van der Waals surface area contributed by atoms with Crippen molar-refractivity contribution in [3.8, 4) is 0 Å². The molecule has 1 saturated heterocycles. The number of hydrogen-bond donors (Lipinski definition) is 2. The van der Waals surface area contributed by atoms with Crippen LogP contribution < -0.4 is 5.32 Å². The van der Waals surface area contributed by atoms with Crippen molar-refractivity contribution in [3.63, 3.8) is 0 Å². The van der Waals surface area contributed by atoms with Crippen LogP contribution in [-0.4, -0.2) is 42.5 Å². The van der Waals surface area contributed by atoms with E-state index < -0.39 is 10.0 Å². The summed E-state index contributed by atoms with van der Waals surface area (Å²) in [6.45, 7) is 2.83. The van der Waals surface area contributed by atoms with Crippen LogP contribution in [0.1, 0.15) is 46.2 Å². The molecule has 0 aliphatic carbocycles. The van der Waals surface area contributed by atoms with Gasteiger partial charge >= 0.3 is 0 Å². The Balaban J connectivity index is 1.62. The number of hydrogen-bond acceptors (Lipinski definition) is 4. The average Bonchev–Trinajstić information content (AvgIpc) is 3.31. The number of carbonyl (C=O) groups excluding carboxylic acids is 2. The average molecular weight is 375 g/mol. The minimum absolute atomic E-state index is 0.116. The lowest BCUT2D eigenvalue weighted by atomic mass is 10.2. The van der Waals surface area contributed by atoms with E-state index in [-0.39, 0.29) is 23.1 Å². The number of benzene rings is 1. The van der Waals surface area contributed by atoms with Crippen molar-refractivity contribution in [1.82, 2.24) is 14.6 Å². The summed E-state index contributed by atoms with van der Waals surface area (Å²) in [7, 11) is -3.43. The molecule has 1 aliphatic rings. The molecule has 3 rings (SSSR count). The number of aromatic nitrogens is 1. The van der Waals surface area contributed by atoms with Crippen LogP contribution in [0.25, 0.3) is 0 Å². The minimum Gasteiger partial charge on any atom is -0.356 e. The van der Waals surface area contributed by atoms with Gasteiger partial charge in [-0.25, -0.2) is 8.42 Å². The molecule has 0 saturated carbocycles. The third-order valence-corrected chi connectivity index (χ3v) is 6.33. The maximum atomic E-state index is 12.5. The second kappa shape index (κ2) is 7.43. The second-order valence-corrected chi connectivity index (χ2v) is 8.23. The van der Waals surface area contributed by atoms with Crippen molar-refractivity contribution in [1.29, 1.82) is 0 Å². The van der Waals surface area contributed by atoms with E-state index in [1.54, 1.807) is 24.3 Å². The fraction of sp³-hybridized carbons (Fsp3) is 0.333. The summed E-state index contributed by atoms with van der Waals surface area (Å²) in [6, 6.07) is 8.02. The summed E-state index contributed by atoms with van der Waals surface area (Å²) < 4.78 is 26.5. The molecule has 0 bridgehead atoms. The van der Waals surface area contributed by atoms with Gasteiger partial charge in [0, 0.05) is 31.4 Å². The van der Waals surface area contributed by atoms with Gasteiger partial charge in [0.2, 0.25) is 10.0 Å². The van der Waals surface area contributed by atoms with Crippen LogP contribution in [-0.2, 0) is 16.6 Å². The first-order valence-electron chi connectivity index (χ1n) is 8.44. The molecule has 0 unspecified atom stereocenters. The zero-order valence-corrected chi connectivity index (χ0v) is 15.3. The summed E-state index contributed by atoms with van der Waals surface area (Å²) in [6.07, 6.45) is 3.29. The summed E-state index contributed by atoms with van der Waals surface area (Å²) in [5, 5.41) is 2.74. The number of nitrogens with zero attached hydrogens (tertiary/aromatic N) is 1. The Bertz CT molecular complexity index is 910. The van der Waals surface area contributed by atoms with Gasteiger partial charge in [-0.05, 0) is 43.5 Å². The number of nitrogens with one attached hydrogen (secondary N) is 2. The highest BCUT2D eigenvalue weighted by molar-refractivity contribution is 7.89. The molecule has 138 valence electrons. The highest BCUT2D eigenvalue weighted by Gasteiger charge is 2.26. The smallest absolute Gasteiger partial charge is 0.267 e. The maximum Gasteiger partial charge on any atom is 0.267 e. The van der Waals surface area contributed by atoms with Crippen LogP contribution in [0, 0.1) is 0 Å². The topological polar surface area (TPSA) is 99.3 Å². The zero-order valence-electron chi connectivity index (χ0n) is 14.5. The third-order valence-electron chi connectivity index (χ3n) is 4.41. The van der Waals surface area contributed by atoms with Gasteiger partial charge in [0.15, 0.2) is 5.78 Å². The number of aromatic amines is 1. The van der Waals surface area contributed by atoms with Crippen molar-refractivity contribution >= 4 is 21.7 Å². The van der Waals surface area contributed by atoms with Gasteiger partial charge in [-0.2, -0.15) is 4.31 Å². The first kappa shape index (κ1) is 18.3. The van der Waals surface area contributed by atoms with E-state index in [4.69, 9.17) is 0 Å². The molecule has 0 radical (unpaired) electrons. The maximum absolute atomic E-state index is 12.5. The van der Waals surface area contributed by atoms with E-state index in [2.05, 4.69) is 10.3 Å². The molecule has 1 amide bonds. The summed E-state index contributed by atoms with van der Waals surface area (Å²) in [4.78, 5) is 26.4. The molecule has 1 aromatic carbocycles. The second-order valence-electron chi connectivity index (χ2n) is 6.30. The third kappa shape index (κ3) is 3.86. The Hall–Kier alpha value is -2.45. The van der Waals surface area contributed by atoms with Crippen LogP contribution in [0.4, 0.5) is 0 Å². The fourth-order valence-corrected chi connectivity index (χ4v) is 4.38. The zero-order chi connectivity index (χ0) is 18.7. The van der Waals surface area contributed by atoms with E-state index in [1.165, 1.54) is 23.5 Å². The number of sulfonamides is 1. The van der Waals surface area contributed by atoms with Crippen LogP contribution in [0.5, 0.6) is 0 Å². The molecular formula is C18H21N3O4S. The van der Waals surface area contributed by atoms with Crippen LogP contribution in [0.2, 0.25) is 0 Å². The lowest BCUT2D eigenvalue weighted by Gasteiger charge is -2.15. The number of amides is 1. The Labute approximate surface area is 152 Å². The largest absolute Gasteiger partial charge is 0.356 e. The van der Waals surface area contributed by atoms with Crippen LogP contribution in [0.3, 0.4) is 0 Å². The predicted octanol–water partition coefficient (Wildman–Crippen LogP) is 1.93. The van der Waals surface area contributed by atoms with E-state index in [0.717, 1.165) is 18.4 Å². The molecule has 0 atom stereocenters. The Morgan fingerprint density at radius 3 is 2.38 bits per heavy atom. The number of Topliss-reactive ketones (excluding diaryl/α,β-unsaturated/α-hetero) is 1. The molecule has 0 spiro atoms. The van der Waals surface area contributed by atoms with E-state index >= 15 is 0 Å². The molecular weight excluding hydrogens is 354 g/mol. The van der Waals surface area contributed by atoms with Crippen molar-refractivity contribution < 1.29 is 18.0 Å². The van der Waals surface area contributed by atoms with Gasteiger partial charge in [-0.3, -0.25) is 9.59 Å². The quantitative estimate of drug-likeness (QED) is 0.754. The van der Waals surface area contributed by atoms with Crippen molar-refractivity contribution in [2.24, 2.45) is 0 Å². The van der Waals surface area contributed by atoms with Gasteiger partial charge in [-0.1, -0.05) is 12.1 Å². The lowest BCUT2D eigenvalue weighted by molar-refractivity contribution is 0.0946. The molecule has 2 aromatic rings. The molecule has 1 aromatic heterocycles. The summed E-state index contributed by atoms with van der Waals surface area (Å²) in [5.41, 5.74) is 1.55. The molecule has 2 heterocycles. The van der Waals surface area contributed by atoms with Gasteiger partial charge in [-0.15, -0.1) is 0 Å². The predicted molar refractivity (Wildman–Crippen MR) is 96.4 cm³/mol. The Morgan fingerprint density at radius 1 is 1.15 bits per heavy atom. The standard InChI is InChI=1S/C18H21N3O4S/c1-13(22)15-10-17(19-12-15)18(23)20-11-14-4-6-16(7-5-14)26(24,25)21-8-2-3-9-21/h4-7,10,12,19H,2-3,8-9,11H2,1H3,(H,20,23). The Morgan fingerprint density at radius 2 is 1.81 bits per heavy atom. The SMILES string of the molecule is CC(=O)c1c[nH]c(C(=O)NCc2ccc(S(=O)(=O)N3CCCC3)cc2)c1. The number of carbonyl (C=O) groups is 2. The van der Waals surface area contributed by atoms with Gasteiger partial charge in [0.05, 0.1) is 4.90 Å². The number of ketones is 1. The van der Waals surface area contributed by atoms with Gasteiger partial charge in [0.25, 0.3) is 5.91 Å². The first-order valence-corrected chi connectivity index (χ1v) is 9.88. The van der Waals surface area contributed by atoms with Gasteiger partial charge < -0.3 is 10.3 Å². The first-order chi connectivity index (χ1) is 12.4. The molecule has 1 aliphatic heterocycles. The molecule has 1 fully saturated rings. The highest BCUT2D eigenvalue weighted by atomic mass is 32.2. The van der Waals surface area contributed by atoms with E-state index in [0.29, 0.717) is 24.3 Å². The number of rotatable bonds is 6. The van der Waals surface area contributed by atoms with Crippen molar-refractivity contribution in [2.75, 3.05) is 13.1 Å². The van der Waals surface area contributed by atoms with E-state index in [1.807, 2.05) is 0 Å². The number of H-pyrrole nitrogens is 1. The van der Waals surface area contributed by atoms with Crippen molar-refractivity contribution in [3.05, 3.63) is 53.3 Å². The lowest BCUT2D eigenvalue weighted by Crippen LogP contribution is -2.28. The fourth-order valence-electron chi connectivity index (χ4n) is 2.86. The monoisotopic (exact) mass is 375 g/mol. The molecule has 8 heteroatoms. The van der Waals surface area contributed by atoms with Crippen LogP contribution >= 0.6 is 0 Å². The highest BCUT2D eigenvalue weighted by Crippen LogP contribution is 2.21. The summed E-state index contributed by atoms with van der Waals surface area (Å²) in [5.74, 6) is -0.443. The van der Waals surface area contributed by atoms with E-state index in [9.17, 15) is 18.0 Å². The minimum atomic E-state index is -3.43. The molecule has 2 N–H and O–H groups in total. The van der Waals surface area contributed by atoms with Gasteiger partial charge in [0.1, 0.15) is 5.69 Å². The molecule has 7 nitrogen and oxygen atoms in total. The summed E-state index contributed by atoms with van der Waals surface area (Å²) >= 11 is 0. The Kier molecular flexibility index (Phi) is 5.24. The molecule has 26 heavy (non-hydrogen) atoms. The van der Waals surface area contributed by atoms with Crippen molar-refractivity contribution in [2.45, 2.75) is 31.2 Å². The van der Waals surface area contributed by atoms with Crippen LogP contribution in [0.15, 0.2) is 41.4 Å². The normalized spacial score (nSPS) is 15.1.